The summed E-state index contributed by atoms with van der Waals surface area (Å²) in [5.41, 5.74) is 0. The molecule has 5 unspecified atom stereocenters. The Morgan fingerprint density at radius 1 is 0.358 bits per heavy atom. The monoisotopic (exact) mass is 751 g/mol. The van der Waals surface area contributed by atoms with Gasteiger partial charge in [0, 0.05) is 36.3 Å². The maximum atomic E-state index is 13.4. The number of fused-ring (bicyclic) bond motifs is 3. The maximum Gasteiger partial charge on any atom is 0.156 e. The van der Waals surface area contributed by atoms with E-state index in [0.29, 0.717) is 0 Å². The Balaban J connectivity index is 0.772. The highest BCUT2D eigenvalue weighted by Gasteiger charge is 2.54. The van der Waals surface area contributed by atoms with Gasteiger partial charge in [-0.2, -0.15) is 0 Å². The molecule has 0 N–H and O–H groups in total. The third-order valence-electron chi connectivity index (χ3n) is 18.9. The van der Waals surface area contributed by atoms with E-state index in [4.69, 9.17) is 0 Å². The van der Waals surface area contributed by atoms with Crippen molar-refractivity contribution in [2.24, 2.45) is 35.5 Å². The van der Waals surface area contributed by atoms with E-state index >= 15 is 0 Å². The first kappa shape index (κ1) is 38.4. The lowest BCUT2D eigenvalue weighted by molar-refractivity contribution is -0.00853. The highest BCUT2D eigenvalue weighted by molar-refractivity contribution is 7.92. The normalized spacial score (nSPS) is 43.4. The number of nitrogens with zero attached hydrogens (tertiary/aromatic N) is 2. The fourth-order valence-electron chi connectivity index (χ4n) is 16.2. The van der Waals surface area contributed by atoms with Gasteiger partial charge in [-0.15, -0.1) is 0 Å². The summed E-state index contributed by atoms with van der Waals surface area (Å²) in [6.45, 7) is 0. The second-order valence-electron chi connectivity index (χ2n) is 21.3. The average molecular weight is 751 g/mol. The van der Waals surface area contributed by atoms with E-state index in [0.717, 1.165) is 110 Å². The lowest BCUT2D eigenvalue weighted by Crippen LogP contribution is -2.55. The molecule has 0 bridgehead atoms. The van der Waals surface area contributed by atoms with Crippen molar-refractivity contribution in [1.82, 2.24) is 9.80 Å². The van der Waals surface area contributed by atoms with Gasteiger partial charge in [-0.05, 0) is 183 Å². The van der Waals surface area contributed by atoms with Gasteiger partial charge >= 0.3 is 0 Å². The lowest BCUT2D eigenvalue weighted by Gasteiger charge is -2.50. The molecule has 9 aliphatic rings. The van der Waals surface area contributed by atoms with Gasteiger partial charge in [0.1, 0.15) is 0 Å². The number of rotatable bonds is 8. The summed E-state index contributed by atoms with van der Waals surface area (Å²) < 4.78 is 26.9. The molecule has 9 fully saturated rings. The maximum absolute atomic E-state index is 13.4. The summed E-state index contributed by atoms with van der Waals surface area (Å²) in [5.74, 6) is 5.65. The zero-order valence-electron chi connectivity index (χ0n) is 34.2. The van der Waals surface area contributed by atoms with Gasteiger partial charge < -0.3 is 0 Å². The summed E-state index contributed by atoms with van der Waals surface area (Å²) in [6, 6.07) is 5.41. The molecule has 1 aliphatic heterocycles. The van der Waals surface area contributed by atoms with Crippen molar-refractivity contribution in [3.05, 3.63) is 0 Å². The minimum Gasteiger partial charge on any atom is -0.294 e. The van der Waals surface area contributed by atoms with Crippen molar-refractivity contribution in [2.45, 2.75) is 265 Å². The van der Waals surface area contributed by atoms with Crippen LogP contribution in [0.5, 0.6) is 0 Å². The SMILES string of the molecule is O=S(=O)(C1CCCCC1)C1CCC(C2CCC(C3CCC(N4C5CCCCC5C5CC(N(C6CCCCC6)C6CCCCC6)CCC54)CC3)CC2)CC1. The highest BCUT2D eigenvalue weighted by Crippen LogP contribution is 2.54. The standard InChI is InChI=1S/C48H82N2O2S/c51-53(52,43-16-8-3-9-17-43)44-31-26-38(27-32-44)36-22-20-35(21-23-36)37-24-28-41(29-25-37)50-47-19-11-10-18-45(47)46-34-42(30-33-48(46)50)49(39-12-4-1-5-13-39)40-14-6-2-7-15-40/h35-48H,1-34H2. The Hall–Kier alpha value is -0.130. The Bertz CT molecular complexity index is 1230. The van der Waals surface area contributed by atoms with Gasteiger partial charge in [0.25, 0.3) is 0 Å². The van der Waals surface area contributed by atoms with E-state index in [1.165, 1.54) is 167 Å². The van der Waals surface area contributed by atoms with Crippen LogP contribution in [0.25, 0.3) is 0 Å². The lowest BCUT2D eigenvalue weighted by atomic mass is 9.66. The molecule has 53 heavy (non-hydrogen) atoms. The van der Waals surface area contributed by atoms with Crippen molar-refractivity contribution in [3.8, 4) is 0 Å². The Morgan fingerprint density at radius 3 is 1.36 bits per heavy atom. The third-order valence-corrected chi connectivity index (χ3v) is 21.7. The molecule has 5 atom stereocenters. The van der Waals surface area contributed by atoms with Crippen LogP contribution in [-0.4, -0.2) is 65.0 Å². The number of hydrogen-bond acceptors (Lipinski definition) is 4. The molecule has 0 spiro atoms. The fraction of sp³-hybridized carbons (Fsp3) is 1.00. The zero-order valence-corrected chi connectivity index (χ0v) is 35.1. The predicted molar refractivity (Wildman–Crippen MR) is 221 cm³/mol. The second kappa shape index (κ2) is 17.4. The molecule has 4 nitrogen and oxygen atoms in total. The molecule has 1 heterocycles. The largest absolute Gasteiger partial charge is 0.294 e. The van der Waals surface area contributed by atoms with E-state index in [9.17, 15) is 8.42 Å². The Morgan fingerprint density at radius 2 is 0.792 bits per heavy atom. The van der Waals surface area contributed by atoms with Gasteiger partial charge in [0.2, 0.25) is 0 Å². The number of hydrogen-bond donors (Lipinski definition) is 0. The van der Waals surface area contributed by atoms with Crippen molar-refractivity contribution < 1.29 is 8.42 Å². The number of sulfone groups is 1. The predicted octanol–water partition coefficient (Wildman–Crippen LogP) is 12.0. The van der Waals surface area contributed by atoms with Crippen molar-refractivity contribution >= 4 is 9.84 Å². The summed E-state index contributed by atoms with van der Waals surface area (Å²) >= 11 is 0. The van der Waals surface area contributed by atoms with Crippen LogP contribution in [0, 0.1) is 35.5 Å². The molecule has 0 aromatic carbocycles. The Kier molecular flexibility index (Phi) is 12.6. The first-order valence-corrected chi connectivity index (χ1v) is 26.4. The molecular weight excluding hydrogens is 669 g/mol. The molecule has 8 saturated carbocycles. The van der Waals surface area contributed by atoms with Crippen LogP contribution in [0.4, 0.5) is 0 Å². The highest BCUT2D eigenvalue weighted by atomic mass is 32.2. The minimum atomic E-state index is -2.91. The molecule has 0 radical (unpaired) electrons. The zero-order chi connectivity index (χ0) is 35.8. The first-order valence-electron chi connectivity index (χ1n) is 24.8. The first-order chi connectivity index (χ1) is 26.0. The van der Waals surface area contributed by atoms with Crippen LogP contribution in [0.3, 0.4) is 0 Å². The Labute approximate surface area is 327 Å². The third kappa shape index (κ3) is 8.14. The van der Waals surface area contributed by atoms with E-state index in [1.807, 2.05) is 0 Å². The second-order valence-corrected chi connectivity index (χ2v) is 23.8. The van der Waals surface area contributed by atoms with E-state index in [1.54, 1.807) is 12.8 Å². The molecule has 8 aliphatic carbocycles. The van der Waals surface area contributed by atoms with Crippen LogP contribution in [0.2, 0.25) is 0 Å². The quantitative estimate of drug-likeness (QED) is 0.248. The van der Waals surface area contributed by atoms with E-state index in [2.05, 4.69) is 9.80 Å². The molecule has 9 rings (SSSR count). The van der Waals surface area contributed by atoms with E-state index in [-0.39, 0.29) is 10.5 Å². The van der Waals surface area contributed by atoms with E-state index < -0.39 is 9.84 Å². The van der Waals surface area contributed by atoms with Crippen LogP contribution >= 0.6 is 0 Å². The van der Waals surface area contributed by atoms with Gasteiger partial charge in [-0.1, -0.05) is 70.6 Å². The molecule has 0 aromatic rings. The van der Waals surface area contributed by atoms with Crippen LogP contribution < -0.4 is 0 Å². The summed E-state index contributed by atoms with van der Waals surface area (Å²) in [7, 11) is -2.91. The molecule has 302 valence electrons. The summed E-state index contributed by atoms with van der Waals surface area (Å²) in [4.78, 5) is 6.54. The van der Waals surface area contributed by atoms with Crippen molar-refractivity contribution in [3.63, 3.8) is 0 Å². The van der Waals surface area contributed by atoms with Crippen LogP contribution in [-0.2, 0) is 9.84 Å². The van der Waals surface area contributed by atoms with Gasteiger partial charge in [-0.3, -0.25) is 9.80 Å². The van der Waals surface area contributed by atoms with Crippen molar-refractivity contribution in [1.29, 1.82) is 0 Å². The van der Waals surface area contributed by atoms with Gasteiger partial charge in [0.05, 0.1) is 10.5 Å². The van der Waals surface area contributed by atoms with Crippen LogP contribution in [0.1, 0.15) is 218 Å². The smallest absolute Gasteiger partial charge is 0.156 e. The molecular formula is C48H82N2O2S. The molecule has 1 saturated heterocycles. The number of likely N-dealkylation sites (tertiary alicyclic amines) is 1. The van der Waals surface area contributed by atoms with Crippen LogP contribution in [0.15, 0.2) is 0 Å². The minimum absolute atomic E-state index is 0.0118. The summed E-state index contributed by atoms with van der Waals surface area (Å²) in [6.07, 6.45) is 47.1. The molecule has 0 amide bonds. The molecule has 0 aromatic heterocycles. The average Bonchev–Trinajstić information content (AvgIpc) is 3.56. The van der Waals surface area contributed by atoms with Crippen molar-refractivity contribution in [2.75, 3.05) is 0 Å². The fourth-order valence-corrected chi connectivity index (χ4v) is 18.7. The van der Waals surface area contributed by atoms with Gasteiger partial charge in [-0.25, -0.2) is 8.42 Å². The molecule has 5 heteroatoms. The summed E-state index contributed by atoms with van der Waals surface area (Å²) in [5, 5.41) is -0.0295. The van der Waals surface area contributed by atoms with Gasteiger partial charge in [0.15, 0.2) is 9.84 Å². The topological polar surface area (TPSA) is 40.6 Å².